The molecule has 0 aromatic carbocycles. The van der Waals surface area contributed by atoms with Crippen molar-refractivity contribution in [2.24, 2.45) is 0 Å². The van der Waals surface area contributed by atoms with Crippen LogP contribution in [0.25, 0.3) is 0 Å². The van der Waals surface area contributed by atoms with Gasteiger partial charge in [0.2, 0.25) is 0 Å². The normalized spacial score (nSPS) is 26.9. The van der Waals surface area contributed by atoms with Crippen LogP contribution in [-0.4, -0.2) is 52.3 Å². The molecule has 0 spiro atoms. The van der Waals surface area contributed by atoms with E-state index in [1.165, 1.54) is 6.42 Å². The van der Waals surface area contributed by atoms with Crippen LogP contribution in [0.2, 0.25) is 0 Å². The fraction of sp³-hybridized carbons (Fsp3) is 1.00. The molecule has 2 atom stereocenters. The number of rotatable bonds is 3. The Kier molecular flexibility index (Phi) is 4.74. The Balaban J connectivity index is 2.50. The fourth-order valence-electron chi connectivity index (χ4n) is 2.05. The zero-order valence-corrected chi connectivity index (χ0v) is 11.2. The van der Waals surface area contributed by atoms with E-state index in [0.717, 1.165) is 26.2 Å². The van der Waals surface area contributed by atoms with Crippen LogP contribution in [0, 0.1) is 0 Å². The molecular formula is C11H24N2OS. The van der Waals surface area contributed by atoms with Crippen molar-refractivity contribution in [3.8, 4) is 0 Å². The minimum Gasteiger partial charge on any atom is -0.310 e. The number of hydrogen-bond donors (Lipinski definition) is 1. The molecule has 0 radical (unpaired) electrons. The molecule has 1 saturated heterocycles. The molecule has 0 bridgehead atoms. The molecule has 1 fully saturated rings. The highest BCUT2D eigenvalue weighted by atomic mass is 32.2. The van der Waals surface area contributed by atoms with E-state index < -0.39 is 10.8 Å². The Bertz CT molecular complexity index is 231. The van der Waals surface area contributed by atoms with Gasteiger partial charge in [-0.1, -0.05) is 0 Å². The molecule has 90 valence electrons. The molecule has 0 aliphatic carbocycles. The summed E-state index contributed by atoms with van der Waals surface area (Å²) in [4.78, 5) is 2.44. The predicted octanol–water partition coefficient (Wildman–Crippen LogP) is 0.827. The molecule has 0 amide bonds. The minimum absolute atomic E-state index is 0.186. The van der Waals surface area contributed by atoms with Crippen LogP contribution in [0.1, 0.15) is 27.2 Å². The van der Waals surface area contributed by atoms with Crippen LogP contribution in [0.15, 0.2) is 0 Å². The predicted molar refractivity (Wildman–Crippen MR) is 66.7 cm³/mol. The first-order valence-electron chi connectivity index (χ1n) is 5.70. The fourth-order valence-corrected chi connectivity index (χ4v) is 2.47. The maximum Gasteiger partial charge on any atom is 0.0444 e. The molecule has 1 rings (SSSR count). The van der Waals surface area contributed by atoms with Crippen LogP contribution in [0.5, 0.6) is 0 Å². The summed E-state index contributed by atoms with van der Waals surface area (Å²) in [6.45, 7) is 10.8. The van der Waals surface area contributed by atoms with Gasteiger partial charge in [-0.05, 0) is 40.3 Å². The van der Waals surface area contributed by atoms with Gasteiger partial charge in [-0.3, -0.25) is 4.21 Å². The summed E-state index contributed by atoms with van der Waals surface area (Å²) >= 11 is 0. The molecular weight excluding hydrogens is 208 g/mol. The summed E-state index contributed by atoms with van der Waals surface area (Å²) in [6, 6.07) is 0. The SMILES string of the molecule is CC(CN1CCCNC(C)(C)C1)S(C)=O. The van der Waals surface area contributed by atoms with Crippen molar-refractivity contribution in [1.29, 1.82) is 0 Å². The molecule has 0 saturated carbocycles. The highest BCUT2D eigenvalue weighted by Gasteiger charge is 2.25. The quantitative estimate of drug-likeness (QED) is 0.782. The zero-order valence-electron chi connectivity index (χ0n) is 10.4. The molecule has 3 nitrogen and oxygen atoms in total. The van der Waals surface area contributed by atoms with E-state index in [9.17, 15) is 4.21 Å². The molecule has 1 aliphatic heterocycles. The highest BCUT2D eigenvalue weighted by molar-refractivity contribution is 7.84. The maximum absolute atomic E-state index is 11.3. The van der Waals surface area contributed by atoms with Gasteiger partial charge in [0.1, 0.15) is 0 Å². The van der Waals surface area contributed by atoms with Gasteiger partial charge in [-0.2, -0.15) is 0 Å². The standard InChI is InChI=1S/C11H24N2OS/c1-10(15(4)14)8-13-7-5-6-12-11(2,3)9-13/h10,12H,5-9H2,1-4H3. The van der Waals surface area contributed by atoms with Crippen molar-refractivity contribution < 1.29 is 4.21 Å². The lowest BCUT2D eigenvalue weighted by Gasteiger charge is -2.31. The molecule has 1 heterocycles. The third-order valence-electron chi connectivity index (χ3n) is 2.96. The second kappa shape index (κ2) is 5.41. The van der Waals surface area contributed by atoms with Gasteiger partial charge >= 0.3 is 0 Å². The van der Waals surface area contributed by atoms with Gasteiger partial charge in [-0.25, -0.2) is 0 Å². The van der Waals surface area contributed by atoms with Crippen molar-refractivity contribution in [1.82, 2.24) is 10.2 Å². The number of nitrogens with zero attached hydrogens (tertiary/aromatic N) is 1. The first-order chi connectivity index (χ1) is 6.91. The van der Waals surface area contributed by atoms with Gasteiger partial charge in [0, 0.05) is 40.9 Å². The summed E-state index contributed by atoms with van der Waals surface area (Å²) in [5.41, 5.74) is 0.186. The molecule has 2 unspecified atom stereocenters. The lowest BCUT2D eigenvalue weighted by molar-refractivity contribution is 0.233. The van der Waals surface area contributed by atoms with Crippen LogP contribution < -0.4 is 5.32 Å². The Morgan fingerprint density at radius 3 is 2.80 bits per heavy atom. The van der Waals surface area contributed by atoms with Crippen LogP contribution in [-0.2, 0) is 10.8 Å². The topological polar surface area (TPSA) is 32.3 Å². The monoisotopic (exact) mass is 232 g/mol. The molecule has 0 aromatic heterocycles. The first-order valence-corrected chi connectivity index (χ1v) is 7.32. The lowest BCUT2D eigenvalue weighted by atomic mass is 10.1. The van der Waals surface area contributed by atoms with Gasteiger partial charge in [0.25, 0.3) is 0 Å². The average molecular weight is 232 g/mol. The Morgan fingerprint density at radius 1 is 1.53 bits per heavy atom. The summed E-state index contributed by atoms with van der Waals surface area (Å²) in [6.07, 6.45) is 2.98. The third-order valence-corrected chi connectivity index (χ3v) is 4.24. The van der Waals surface area contributed by atoms with E-state index in [2.05, 4.69) is 31.0 Å². The number of hydrogen-bond acceptors (Lipinski definition) is 3. The Labute approximate surface area is 96.1 Å². The second-order valence-corrected chi connectivity index (χ2v) is 7.01. The van der Waals surface area contributed by atoms with Crippen LogP contribution in [0.4, 0.5) is 0 Å². The van der Waals surface area contributed by atoms with Gasteiger partial charge in [0.05, 0.1) is 0 Å². The van der Waals surface area contributed by atoms with Crippen LogP contribution in [0.3, 0.4) is 0 Å². The summed E-state index contributed by atoms with van der Waals surface area (Å²) < 4.78 is 11.3. The zero-order chi connectivity index (χ0) is 11.5. The third kappa shape index (κ3) is 4.62. The van der Waals surface area contributed by atoms with Gasteiger partial charge in [0.15, 0.2) is 0 Å². The Hall–Kier alpha value is 0.0700. The van der Waals surface area contributed by atoms with E-state index >= 15 is 0 Å². The maximum atomic E-state index is 11.3. The minimum atomic E-state index is -0.705. The second-order valence-electron chi connectivity index (χ2n) is 5.21. The van der Waals surface area contributed by atoms with Crippen molar-refractivity contribution in [2.75, 3.05) is 32.4 Å². The van der Waals surface area contributed by atoms with E-state index in [4.69, 9.17) is 0 Å². The van der Waals surface area contributed by atoms with Crippen molar-refractivity contribution in [2.45, 2.75) is 38.0 Å². The van der Waals surface area contributed by atoms with Crippen molar-refractivity contribution >= 4 is 10.8 Å². The lowest BCUT2D eigenvalue weighted by Crippen LogP contribution is -2.47. The number of nitrogens with one attached hydrogen (secondary N) is 1. The highest BCUT2D eigenvalue weighted by Crippen LogP contribution is 2.11. The molecule has 15 heavy (non-hydrogen) atoms. The van der Waals surface area contributed by atoms with Gasteiger partial charge in [-0.15, -0.1) is 0 Å². The van der Waals surface area contributed by atoms with Crippen molar-refractivity contribution in [3.05, 3.63) is 0 Å². The molecule has 0 aromatic rings. The summed E-state index contributed by atoms with van der Waals surface area (Å²) in [7, 11) is -0.705. The first kappa shape index (κ1) is 13.1. The van der Waals surface area contributed by atoms with E-state index in [1.54, 1.807) is 6.26 Å². The smallest absolute Gasteiger partial charge is 0.0444 e. The van der Waals surface area contributed by atoms with E-state index in [1.807, 2.05) is 0 Å². The average Bonchev–Trinajstić information content (AvgIpc) is 2.26. The Morgan fingerprint density at radius 2 is 2.20 bits per heavy atom. The van der Waals surface area contributed by atoms with E-state index in [0.29, 0.717) is 0 Å². The van der Waals surface area contributed by atoms with Crippen LogP contribution >= 0.6 is 0 Å². The summed E-state index contributed by atoms with van der Waals surface area (Å²) in [5, 5.41) is 3.81. The van der Waals surface area contributed by atoms with E-state index in [-0.39, 0.29) is 10.8 Å². The molecule has 1 aliphatic rings. The molecule has 1 N–H and O–H groups in total. The van der Waals surface area contributed by atoms with Gasteiger partial charge < -0.3 is 10.2 Å². The largest absolute Gasteiger partial charge is 0.310 e. The van der Waals surface area contributed by atoms with Crippen molar-refractivity contribution in [3.63, 3.8) is 0 Å². The summed E-state index contributed by atoms with van der Waals surface area (Å²) in [5.74, 6) is 0. The molecule has 4 heteroatoms.